The second-order valence-corrected chi connectivity index (χ2v) is 5.92. The van der Waals surface area contributed by atoms with Gasteiger partial charge in [-0.25, -0.2) is 4.39 Å². The Hall–Kier alpha value is -1.92. The minimum atomic E-state index is -0.474. The van der Waals surface area contributed by atoms with Gasteiger partial charge in [0.15, 0.2) is 0 Å². The number of benzene rings is 1. The van der Waals surface area contributed by atoms with Gasteiger partial charge in [0.05, 0.1) is 18.2 Å². The van der Waals surface area contributed by atoms with E-state index in [2.05, 4.69) is 10.4 Å². The molecule has 5 nitrogen and oxygen atoms in total. The van der Waals surface area contributed by atoms with Crippen LogP contribution in [0.2, 0.25) is 5.02 Å². The molecule has 0 spiro atoms. The predicted octanol–water partition coefficient (Wildman–Crippen LogP) is 2.40. The first-order valence-corrected chi connectivity index (χ1v) is 7.76. The van der Waals surface area contributed by atoms with Crippen molar-refractivity contribution in [1.82, 2.24) is 15.1 Å². The van der Waals surface area contributed by atoms with Crippen LogP contribution in [0.15, 0.2) is 30.5 Å². The molecule has 122 valence electrons. The third-order valence-electron chi connectivity index (χ3n) is 3.99. The number of aryl methyl sites for hydroxylation is 1. The van der Waals surface area contributed by atoms with Crippen LogP contribution in [0.5, 0.6) is 0 Å². The predicted molar refractivity (Wildman–Crippen MR) is 83.6 cm³/mol. The molecular weight excluding hydrogens is 321 g/mol. The van der Waals surface area contributed by atoms with Crippen molar-refractivity contribution in [3.63, 3.8) is 0 Å². The highest BCUT2D eigenvalue weighted by Crippen LogP contribution is 2.29. The van der Waals surface area contributed by atoms with Gasteiger partial charge in [-0.2, -0.15) is 5.10 Å². The van der Waals surface area contributed by atoms with E-state index < -0.39 is 5.82 Å². The lowest BCUT2D eigenvalue weighted by atomic mass is 10.1. The van der Waals surface area contributed by atoms with Crippen molar-refractivity contribution in [2.24, 2.45) is 7.05 Å². The summed E-state index contributed by atoms with van der Waals surface area (Å²) in [6, 6.07) is 6.09. The Kier molecular flexibility index (Phi) is 4.63. The van der Waals surface area contributed by atoms with Crippen LogP contribution in [0.4, 0.5) is 4.39 Å². The van der Waals surface area contributed by atoms with E-state index >= 15 is 0 Å². The molecule has 0 aliphatic carbocycles. The number of amides is 1. The molecule has 0 unspecified atom stereocenters. The molecule has 0 bridgehead atoms. The zero-order valence-corrected chi connectivity index (χ0v) is 13.4. The van der Waals surface area contributed by atoms with Crippen molar-refractivity contribution in [2.75, 3.05) is 6.61 Å². The Morgan fingerprint density at radius 1 is 1.52 bits per heavy atom. The summed E-state index contributed by atoms with van der Waals surface area (Å²) in [4.78, 5) is 12.3. The number of carbonyl (C=O) groups is 1. The van der Waals surface area contributed by atoms with Crippen LogP contribution in [0.3, 0.4) is 0 Å². The molecule has 1 aromatic carbocycles. The molecule has 1 N–H and O–H groups in total. The summed E-state index contributed by atoms with van der Waals surface area (Å²) in [6.45, 7) is 0.557. The lowest BCUT2D eigenvalue weighted by molar-refractivity contribution is -0.121. The molecule has 2 heterocycles. The first-order valence-electron chi connectivity index (χ1n) is 7.38. The fraction of sp³-hybridized carbons (Fsp3) is 0.375. The van der Waals surface area contributed by atoms with Crippen LogP contribution < -0.4 is 5.32 Å². The van der Waals surface area contributed by atoms with Gasteiger partial charge < -0.3 is 10.1 Å². The maximum absolute atomic E-state index is 13.8. The lowest BCUT2D eigenvalue weighted by Gasteiger charge is -2.20. The van der Waals surface area contributed by atoms with Crippen LogP contribution in [0.25, 0.3) is 0 Å². The first kappa shape index (κ1) is 16.0. The molecule has 2 aromatic rings. The Labute approximate surface area is 138 Å². The monoisotopic (exact) mass is 337 g/mol. The van der Waals surface area contributed by atoms with E-state index in [0.717, 1.165) is 5.69 Å². The smallest absolute Gasteiger partial charge is 0.224 e. The number of hydrogen-bond donors (Lipinski definition) is 1. The summed E-state index contributed by atoms with van der Waals surface area (Å²) in [5.74, 6) is -0.752. The molecular formula is C16H17ClFN3O2. The highest BCUT2D eigenvalue weighted by atomic mass is 35.5. The molecule has 2 atom stereocenters. The fourth-order valence-electron chi connectivity index (χ4n) is 2.81. The number of hydrogen-bond acceptors (Lipinski definition) is 3. The normalized spacial score (nSPS) is 20.7. The van der Waals surface area contributed by atoms with E-state index in [1.54, 1.807) is 16.9 Å². The van der Waals surface area contributed by atoms with Gasteiger partial charge in [0.1, 0.15) is 11.9 Å². The van der Waals surface area contributed by atoms with Gasteiger partial charge in [0, 0.05) is 30.4 Å². The third kappa shape index (κ3) is 3.38. The maximum Gasteiger partial charge on any atom is 0.224 e. The van der Waals surface area contributed by atoms with Crippen molar-refractivity contribution in [3.8, 4) is 0 Å². The minimum absolute atomic E-state index is 0.0971. The summed E-state index contributed by atoms with van der Waals surface area (Å²) >= 11 is 5.96. The minimum Gasteiger partial charge on any atom is -0.370 e. The molecule has 3 rings (SSSR count). The Bertz CT molecular complexity index is 699. The lowest BCUT2D eigenvalue weighted by Crippen LogP contribution is -2.38. The second-order valence-electron chi connectivity index (χ2n) is 5.51. The number of nitrogens with zero attached hydrogens (tertiary/aromatic N) is 2. The highest BCUT2D eigenvalue weighted by molar-refractivity contribution is 6.31. The first-order chi connectivity index (χ1) is 11.1. The molecule has 0 radical (unpaired) electrons. The molecule has 1 fully saturated rings. The van der Waals surface area contributed by atoms with Crippen LogP contribution in [0.1, 0.15) is 23.8 Å². The highest BCUT2D eigenvalue weighted by Gasteiger charge is 2.32. The van der Waals surface area contributed by atoms with Gasteiger partial charge in [-0.15, -0.1) is 0 Å². The van der Waals surface area contributed by atoms with E-state index in [1.807, 2.05) is 13.1 Å². The van der Waals surface area contributed by atoms with Crippen molar-refractivity contribution < 1.29 is 13.9 Å². The van der Waals surface area contributed by atoms with Gasteiger partial charge in [0.2, 0.25) is 5.91 Å². The van der Waals surface area contributed by atoms with Crippen LogP contribution in [-0.4, -0.2) is 28.3 Å². The summed E-state index contributed by atoms with van der Waals surface area (Å²) in [7, 11) is 1.83. The standard InChI is InChI=1S/C16H17ClFN3O2/c1-21-14(5-7-19-21)16-13(6-8-23-16)20-15(22)9-10-11(17)3-2-4-12(10)18/h2-5,7,13,16H,6,8-9H2,1H3,(H,20,22)/t13-,16-/m0/s1. The Morgan fingerprint density at radius 3 is 3.04 bits per heavy atom. The summed E-state index contributed by atoms with van der Waals surface area (Å²) in [5, 5.41) is 7.30. The van der Waals surface area contributed by atoms with Crippen LogP contribution in [-0.2, 0) is 23.0 Å². The molecule has 1 aliphatic heterocycles. The average molecular weight is 338 g/mol. The topological polar surface area (TPSA) is 56.1 Å². The molecule has 1 aliphatic rings. The van der Waals surface area contributed by atoms with Crippen LogP contribution >= 0.6 is 11.6 Å². The third-order valence-corrected chi connectivity index (χ3v) is 4.34. The van der Waals surface area contributed by atoms with Gasteiger partial charge in [-0.05, 0) is 24.6 Å². The van der Waals surface area contributed by atoms with Crippen molar-refractivity contribution in [1.29, 1.82) is 0 Å². The number of aromatic nitrogens is 2. The largest absolute Gasteiger partial charge is 0.370 e. The maximum atomic E-state index is 13.8. The number of rotatable bonds is 4. The number of halogens is 2. The van der Waals surface area contributed by atoms with Crippen molar-refractivity contribution >= 4 is 17.5 Å². The average Bonchev–Trinajstić information content (AvgIpc) is 3.11. The van der Waals surface area contributed by atoms with Gasteiger partial charge >= 0.3 is 0 Å². The van der Waals surface area contributed by atoms with Crippen molar-refractivity contribution in [3.05, 3.63) is 52.6 Å². The van der Waals surface area contributed by atoms with Crippen LogP contribution in [0, 0.1) is 5.82 Å². The fourth-order valence-corrected chi connectivity index (χ4v) is 3.04. The van der Waals surface area contributed by atoms with E-state index in [-0.39, 0.29) is 35.1 Å². The number of nitrogens with one attached hydrogen (secondary N) is 1. The van der Waals surface area contributed by atoms with Gasteiger partial charge in [-0.3, -0.25) is 9.48 Å². The van der Waals surface area contributed by atoms with E-state index in [1.165, 1.54) is 12.1 Å². The molecule has 1 amide bonds. The zero-order chi connectivity index (χ0) is 16.4. The van der Waals surface area contributed by atoms with E-state index in [4.69, 9.17) is 16.3 Å². The molecule has 23 heavy (non-hydrogen) atoms. The molecule has 1 aromatic heterocycles. The van der Waals surface area contributed by atoms with E-state index in [9.17, 15) is 9.18 Å². The number of ether oxygens (including phenoxy) is 1. The molecule has 1 saturated heterocycles. The Balaban J connectivity index is 1.69. The summed E-state index contributed by atoms with van der Waals surface area (Å²) in [6.07, 6.45) is 2.05. The Morgan fingerprint density at radius 2 is 2.35 bits per heavy atom. The second kappa shape index (κ2) is 6.68. The molecule has 7 heteroatoms. The van der Waals surface area contributed by atoms with Gasteiger partial charge in [-0.1, -0.05) is 17.7 Å². The van der Waals surface area contributed by atoms with Crippen molar-refractivity contribution in [2.45, 2.75) is 25.0 Å². The SMILES string of the molecule is Cn1nccc1[C@H]1OCC[C@@H]1NC(=O)Cc1c(F)cccc1Cl. The van der Waals surface area contributed by atoms with Gasteiger partial charge in [0.25, 0.3) is 0 Å². The summed E-state index contributed by atoms with van der Waals surface area (Å²) in [5.41, 5.74) is 1.11. The number of carbonyl (C=O) groups excluding carboxylic acids is 1. The summed E-state index contributed by atoms with van der Waals surface area (Å²) < 4.78 is 21.2. The zero-order valence-electron chi connectivity index (χ0n) is 12.6. The van der Waals surface area contributed by atoms with E-state index in [0.29, 0.717) is 13.0 Å². The quantitative estimate of drug-likeness (QED) is 0.932. The molecule has 0 saturated carbocycles.